The largest absolute Gasteiger partial charge is 0.466 e. The van der Waals surface area contributed by atoms with Gasteiger partial charge in [-0.1, -0.05) is 359 Å². The van der Waals surface area contributed by atoms with Crippen LogP contribution >= 0.6 is 0 Å². The number of nitrogens with one attached hydrogen (secondary N) is 1. The van der Waals surface area contributed by atoms with Gasteiger partial charge in [0.05, 0.1) is 25.4 Å². The van der Waals surface area contributed by atoms with Gasteiger partial charge in [0.25, 0.3) is 0 Å². The Morgan fingerprint density at radius 3 is 0.899 bits per heavy atom. The van der Waals surface area contributed by atoms with E-state index in [0.29, 0.717) is 19.4 Å². The van der Waals surface area contributed by atoms with Gasteiger partial charge < -0.3 is 20.3 Å². The maximum absolute atomic E-state index is 12.5. The Balaban J connectivity index is 3.41. The van der Waals surface area contributed by atoms with Crippen molar-refractivity contribution in [2.75, 3.05) is 13.2 Å². The fourth-order valence-corrected chi connectivity index (χ4v) is 11.5. The third-order valence-electron chi connectivity index (χ3n) is 17.0. The minimum absolute atomic E-state index is 0.0170. The van der Waals surface area contributed by atoms with Crippen molar-refractivity contribution in [2.24, 2.45) is 0 Å². The van der Waals surface area contributed by atoms with E-state index >= 15 is 0 Å². The number of rotatable bonds is 68. The van der Waals surface area contributed by atoms with Gasteiger partial charge in [-0.2, -0.15) is 0 Å². The first kappa shape index (κ1) is 77.3. The number of allylic oxidation sites excluding steroid dienone is 3. The Bertz CT molecular complexity index is 1230. The van der Waals surface area contributed by atoms with E-state index in [0.717, 1.165) is 38.5 Å². The molecule has 0 aliphatic rings. The fourth-order valence-electron chi connectivity index (χ4n) is 11.5. The van der Waals surface area contributed by atoms with Crippen molar-refractivity contribution >= 4 is 11.9 Å². The molecule has 3 N–H and O–H groups in total. The molecule has 0 aliphatic carbocycles. The summed E-state index contributed by atoms with van der Waals surface area (Å²) in [7, 11) is 0. The first-order chi connectivity index (χ1) is 39.0. The molecule has 0 aliphatic heterocycles. The Morgan fingerprint density at radius 1 is 0.342 bits per heavy atom. The molecule has 0 rings (SSSR count). The lowest BCUT2D eigenvalue weighted by molar-refractivity contribution is -0.143. The highest BCUT2D eigenvalue weighted by atomic mass is 16.5. The molecule has 1 amide bonds. The summed E-state index contributed by atoms with van der Waals surface area (Å²) in [5.41, 5.74) is 0. The van der Waals surface area contributed by atoms with Crippen molar-refractivity contribution in [3.05, 3.63) is 24.3 Å². The molecule has 79 heavy (non-hydrogen) atoms. The van der Waals surface area contributed by atoms with Crippen molar-refractivity contribution in [2.45, 2.75) is 418 Å². The van der Waals surface area contributed by atoms with Gasteiger partial charge in [0.2, 0.25) is 5.91 Å². The van der Waals surface area contributed by atoms with E-state index in [1.54, 1.807) is 6.08 Å². The van der Waals surface area contributed by atoms with Gasteiger partial charge in [-0.15, -0.1) is 0 Å². The smallest absolute Gasteiger partial charge is 0.305 e. The predicted octanol–water partition coefficient (Wildman–Crippen LogP) is 23.3. The van der Waals surface area contributed by atoms with Gasteiger partial charge in [-0.25, -0.2) is 0 Å². The zero-order chi connectivity index (χ0) is 57.1. The summed E-state index contributed by atoms with van der Waals surface area (Å²) < 4.78 is 5.49. The second-order valence-electron chi connectivity index (χ2n) is 24.9. The number of amides is 1. The maximum atomic E-state index is 12.5. The quantitative estimate of drug-likeness (QED) is 0.0320. The van der Waals surface area contributed by atoms with Crippen LogP contribution in [0.5, 0.6) is 0 Å². The number of aliphatic hydroxyl groups excluding tert-OH is 2. The van der Waals surface area contributed by atoms with Crippen LogP contribution in [0.2, 0.25) is 0 Å². The maximum Gasteiger partial charge on any atom is 0.305 e. The summed E-state index contributed by atoms with van der Waals surface area (Å²) >= 11 is 0. The Labute approximate surface area is 494 Å². The Morgan fingerprint density at radius 2 is 0.595 bits per heavy atom. The molecular formula is C73H141NO5. The summed E-state index contributed by atoms with van der Waals surface area (Å²) in [5.74, 6) is -0.0474. The number of aliphatic hydroxyl groups is 2. The molecule has 0 heterocycles. The first-order valence-electron chi connectivity index (χ1n) is 36.1. The highest BCUT2D eigenvalue weighted by molar-refractivity contribution is 5.76. The van der Waals surface area contributed by atoms with Crippen LogP contribution in [-0.4, -0.2) is 47.4 Å². The van der Waals surface area contributed by atoms with E-state index in [-0.39, 0.29) is 18.5 Å². The van der Waals surface area contributed by atoms with Crippen LogP contribution < -0.4 is 5.32 Å². The van der Waals surface area contributed by atoms with E-state index in [1.807, 2.05) is 6.08 Å². The third-order valence-corrected chi connectivity index (χ3v) is 17.0. The van der Waals surface area contributed by atoms with E-state index in [2.05, 4.69) is 31.3 Å². The van der Waals surface area contributed by atoms with Crippen molar-refractivity contribution in [1.29, 1.82) is 0 Å². The normalized spacial score (nSPS) is 12.6. The van der Waals surface area contributed by atoms with Gasteiger partial charge >= 0.3 is 5.97 Å². The first-order valence-corrected chi connectivity index (χ1v) is 36.1. The zero-order valence-corrected chi connectivity index (χ0v) is 53.6. The monoisotopic (exact) mass is 1110 g/mol. The van der Waals surface area contributed by atoms with Crippen LogP contribution in [0.1, 0.15) is 406 Å². The molecule has 2 atom stereocenters. The predicted molar refractivity (Wildman–Crippen MR) is 347 cm³/mol. The van der Waals surface area contributed by atoms with E-state index in [4.69, 9.17) is 4.74 Å². The van der Waals surface area contributed by atoms with Crippen molar-refractivity contribution in [3.8, 4) is 0 Å². The summed E-state index contributed by atoms with van der Waals surface area (Å²) in [6.07, 6.45) is 86.9. The molecule has 468 valence electrons. The molecule has 0 radical (unpaired) electrons. The number of ether oxygens (including phenoxy) is 1. The minimum atomic E-state index is -0.846. The molecule has 0 saturated heterocycles. The molecule has 0 spiro atoms. The summed E-state index contributed by atoms with van der Waals surface area (Å²) in [6, 6.07) is -0.629. The summed E-state index contributed by atoms with van der Waals surface area (Å²) in [4.78, 5) is 24.6. The van der Waals surface area contributed by atoms with Crippen molar-refractivity contribution < 1.29 is 24.5 Å². The summed E-state index contributed by atoms with van der Waals surface area (Å²) in [5, 5.41) is 23.3. The molecular weight excluding hydrogens is 971 g/mol. The lowest BCUT2D eigenvalue weighted by Crippen LogP contribution is -2.45. The number of carbonyl (C=O) groups excluding carboxylic acids is 2. The lowest BCUT2D eigenvalue weighted by atomic mass is 10.0. The average Bonchev–Trinajstić information content (AvgIpc) is 3.45. The second kappa shape index (κ2) is 68.8. The van der Waals surface area contributed by atoms with E-state index in [1.165, 1.54) is 340 Å². The lowest BCUT2D eigenvalue weighted by Gasteiger charge is -2.20. The molecule has 0 aromatic carbocycles. The van der Waals surface area contributed by atoms with E-state index < -0.39 is 12.1 Å². The molecule has 0 bridgehead atoms. The number of hydrogen-bond donors (Lipinski definition) is 3. The topological polar surface area (TPSA) is 95.9 Å². The molecule has 0 aromatic heterocycles. The van der Waals surface area contributed by atoms with Crippen LogP contribution in [-0.2, 0) is 14.3 Å². The van der Waals surface area contributed by atoms with Gasteiger partial charge in [0.15, 0.2) is 0 Å². The van der Waals surface area contributed by atoms with Gasteiger partial charge in [0.1, 0.15) is 0 Å². The van der Waals surface area contributed by atoms with Gasteiger partial charge in [0, 0.05) is 12.8 Å². The molecule has 0 fully saturated rings. The van der Waals surface area contributed by atoms with Crippen LogP contribution in [0.15, 0.2) is 24.3 Å². The third kappa shape index (κ3) is 65.4. The summed E-state index contributed by atoms with van der Waals surface area (Å²) in [6.45, 7) is 4.95. The SMILES string of the molecule is CCCCCCCCCCCCCCCCCCCCCC/C=C/C(O)C(CO)NC(=O)CCCCCCCCCCCCC/C=C\CCCCCCCCCCCCCCOC(=O)CCCCCCCCCCCCCCC. The highest BCUT2D eigenvalue weighted by Crippen LogP contribution is 2.19. The molecule has 0 aromatic rings. The van der Waals surface area contributed by atoms with Crippen LogP contribution in [0.3, 0.4) is 0 Å². The molecule has 0 saturated carbocycles. The van der Waals surface area contributed by atoms with Crippen molar-refractivity contribution in [3.63, 3.8) is 0 Å². The number of hydrogen-bond acceptors (Lipinski definition) is 5. The highest BCUT2D eigenvalue weighted by Gasteiger charge is 2.18. The average molecular weight is 1110 g/mol. The van der Waals surface area contributed by atoms with Gasteiger partial charge in [-0.3, -0.25) is 9.59 Å². The number of esters is 1. The standard InChI is InChI=1S/C73H141NO5/c1-3-5-7-9-11-13-15-17-18-19-20-21-29-32-35-38-42-45-49-53-57-61-65-71(76)70(69-75)74-72(77)66-62-58-54-50-46-43-39-36-33-30-27-25-23-22-24-26-28-31-34-37-40-44-48-52-56-60-64-68-79-73(78)67-63-59-55-51-47-41-16-14-12-10-8-6-4-2/h22-23,61,65,70-71,75-76H,3-21,24-60,62-64,66-69H2,1-2H3,(H,74,77)/b23-22-,65-61+. The number of unbranched alkanes of at least 4 members (excludes halogenated alkanes) is 55. The molecule has 2 unspecified atom stereocenters. The van der Waals surface area contributed by atoms with Crippen molar-refractivity contribution in [1.82, 2.24) is 5.32 Å². The Hall–Kier alpha value is -1.66. The van der Waals surface area contributed by atoms with Crippen LogP contribution in [0.4, 0.5) is 0 Å². The minimum Gasteiger partial charge on any atom is -0.466 e. The second-order valence-corrected chi connectivity index (χ2v) is 24.9. The van der Waals surface area contributed by atoms with Crippen LogP contribution in [0, 0.1) is 0 Å². The fraction of sp³-hybridized carbons (Fsp3) is 0.918. The molecule has 6 heteroatoms. The van der Waals surface area contributed by atoms with E-state index in [9.17, 15) is 19.8 Å². The Kier molecular flexibility index (Phi) is 67.4. The molecule has 6 nitrogen and oxygen atoms in total. The zero-order valence-electron chi connectivity index (χ0n) is 53.6. The number of carbonyl (C=O) groups is 2. The van der Waals surface area contributed by atoms with Crippen LogP contribution in [0.25, 0.3) is 0 Å². The van der Waals surface area contributed by atoms with Gasteiger partial charge in [-0.05, 0) is 57.8 Å².